The van der Waals surface area contributed by atoms with Crippen molar-refractivity contribution in [1.29, 1.82) is 0 Å². The van der Waals surface area contributed by atoms with E-state index in [4.69, 9.17) is 60.9 Å². The molecule has 0 radical (unpaired) electrons. The van der Waals surface area contributed by atoms with Crippen LogP contribution in [-0.4, -0.2) is 87.7 Å². The second kappa shape index (κ2) is 26.2. The van der Waals surface area contributed by atoms with E-state index in [-0.39, 0.29) is 46.2 Å². The summed E-state index contributed by atoms with van der Waals surface area (Å²) in [6, 6.07) is 56.9. The maximum absolute atomic E-state index is 16.2. The Hall–Kier alpha value is -5.46. The lowest BCUT2D eigenvalue weighted by Crippen LogP contribution is -2.64. The molecule has 0 bridgehead atoms. The molecule has 12 atom stereocenters. The van der Waals surface area contributed by atoms with Crippen molar-refractivity contribution in [2.24, 2.45) is 0 Å². The first-order valence-corrected chi connectivity index (χ1v) is 25.8. The Morgan fingerprint density at radius 2 is 0.986 bits per heavy atom. The highest BCUT2D eigenvalue weighted by Crippen LogP contribution is 2.56. The predicted molar refractivity (Wildman–Crippen MR) is 266 cm³/mol. The van der Waals surface area contributed by atoms with Gasteiger partial charge in [-0.15, -0.1) is 0 Å². The van der Waals surface area contributed by atoms with Gasteiger partial charge in [0.2, 0.25) is 0 Å². The molecule has 0 saturated carbocycles. The van der Waals surface area contributed by atoms with E-state index < -0.39 is 81.5 Å². The molecule has 0 amide bonds. The molecule has 3 fully saturated rings. The molecule has 0 N–H and O–H groups in total. The topological polar surface area (TPSA) is 154 Å². The molecule has 0 aromatic heterocycles. The van der Waals surface area contributed by atoms with Crippen LogP contribution >= 0.6 is 7.82 Å². The molecule has 3 saturated heterocycles. The van der Waals surface area contributed by atoms with E-state index in [0.29, 0.717) is 5.56 Å². The van der Waals surface area contributed by atoms with E-state index in [2.05, 4.69) is 0 Å². The molecule has 15 nitrogen and oxygen atoms in total. The first-order valence-electron chi connectivity index (χ1n) is 24.4. The van der Waals surface area contributed by atoms with Gasteiger partial charge in [-0.1, -0.05) is 182 Å². The van der Waals surface area contributed by atoms with Gasteiger partial charge in [0, 0.05) is 19.6 Å². The maximum Gasteiger partial charge on any atom is 0.478 e. The Labute approximate surface area is 426 Å². The number of carbonyl (C=O) groups is 1. The third-order valence-corrected chi connectivity index (χ3v) is 13.9. The van der Waals surface area contributed by atoms with Gasteiger partial charge in [-0.2, -0.15) is 0 Å². The minimum absolute atomic E-state index is 0.00769. The number of esters is 1. The molecular formula is C57H61O15P. The van der Waals surface area contributed by atoms with Gasteiger partial charge >= 0.3 is 13.8 Å². The SMILES string of the molecule is CO[C@H]1O[C@H](COCc2ccccc2)[C@@H](OCc2ccccc2)[C@H](OP(=O)(OCc2ccccc2)O[C@H]2O[C@@H]3CO[C@@H](c4ccccc4)O[C@H]3[C@H](OC(C)=O)[C@@H]2OCc2ccccc2)[C@@H]1OCc1ccccc1. The van der Waals surface area contributed by atoms with Crippen molar-refractivity contribution >= 4 is 13.8 Å². The third-order valence-electron chi connectivity index (χ3n) is 12.4. The van der Waals surface area contributed by atoms with Crippen LogP contribution in [0.5, 0.6) is 0 Å². The van der Waals surface area contributed by atoms with Gasteiger partial charge in [-0.3, -0.25) is 18.4 Å². The summed E-state index contributed by atoms with van der Waals surface area (Å²) in [7, 11) is -3.48. The van der Waals surface area contributed by atoms with Gasteiger partial charge in [0.25, 0.3) is 0 Å². The number of hydrogen-bond acceptors (Lipinski definition) is 15. The van der Waals surface area contributed by atoms with Crippen LogP contribution in [-0.2, 0) is 103 Å². The smallest absolute Gasteiger partial charge is 0.457 e. The number of rotatable bonds is 23. The van der Waals surface area contributed by atoms with E-state index >= 15 is 4.57 Å². The molecule has 3 aliphatic rings. The molecule has 6 aromatic rings. The normalized spacial score (nSPS) is 26.8. The first-order chi connectivity index (χ1) is 35.8. The molecule has 73 heavy (non-hydrogen) atoms. The molecule has 1 unspecified atom stereocenters. The van der Waals surface area contributed by atoms with Crippen LogP contribution in [0.3, 0.4) is 0 Å². The van der Waals surface area contributed by atoms with Gasteiger partial charge in [0.1, 0.15) is 42.7 Å². The van der Waals surface area contributed by atoms with Crippen molar-refractivity contribution in [2.75, 3.05) is 20.3 Å². The van der Waals surface area contributed by atoms with E-state index in [1.165, 1.54) is 14.0 Å². The molecule has 3 heterocycles. The van der Waals surface area contributed by atoms with Gasteiger partial charge in [0.05, 0.1) is 46.2 Å². The van der Waals surface area contributed by atoms with Crippen molar-refractivity contribution in [1.82, 2.24) is 0 Å². The van der Waals surface area contributed by atoms with Crippen LogP contribution in [0.15, 0.2) is 182 Å². The molecule has 6 aromatic carbocycles. The number of carbonyl (C=O) groups excluding carboxylic acids is 1. The second-order valence-electron chi connectivity index (χ2n) is 17.7. The first kappa shape index (κ1) is 52.4. The lowest BCUT2D eigenvalue weighted by molar-refractivity contribution is -0.358. The maximum atomic E-state index is 16.2. The van der Waals surface area contributed by atoms with E-state index in [0.717, 1.165) is 27.8 Å². The fourth-order valence-corrected chi connectivity index (χ4v) is 10.3. The van der Waals surface area contributed by atoms with Gasteiger partial charge in [-0.05, 0) is 27.8 Å². The van der Waals surface area contributed by atoms with Gasteiger partial charge in [0.15, 0.2) is 25.0 Å². The summed E-state index contributed by atoms with van der Waals surface area (Å²) in [6.07, 6.45) is -12.1. The van der Waals surface area contributed by atoms with Crippen LogP contribution in [0.2, 0.25) is 0 Å². The molecule has 384 valence electrons. The summed E-state index contributed by atoms with van der Waals surface area (Å²) in [5.41, 5.74) is 4.85. The number of methoxy groups -OCH3 is 1. The summed E-state index contributed by atoms with van der Waals surface area (Å²) in [6.45, 7) is 1.52. The zero-order valence-electron chi connectivity index (χ0n) is 40.7. The van der Waals surface area contributed by atoms with Crippen LogP contribution in [0.4, 0.5) is 0 Å². The van der Waals surface area contributed by atoms with Crippen LogP contribution < -0.4 is 0 Å². The molecule has 0 aliphatic carbocycles. The quantitative estimate of drug-likeness (QED) is 0.0442. The van der Waals surface area contributed by atoms with E-state index in [9.17, 15) is 4.79 Å². The summed E-state index contributed by atoms with van der Waals surface area (Å²) < 4.78 is 101. The largest absolute Gasteiger partial charge is 0.478 e. The lowest BCUT2D eigenvalue weighted by atomic mass is 9.97. The second-order valence-corrected chi connectivity index (χ2v) is 19.3. The molecule has 16 heteroatoms. The minimum atomic E-state index is -4.96. The standard InChI is InChI=1S/C57H61O15P/c1-40(58)67-51-50-48(39-65-55(70-50)46-31-19-8-20-32-46)69-57(53(51)63-35-43-25-13-5-14-26-43)72-73(59,66-37-45-29-17-7-18-30-45)71-52-49(62-34-42-23-11-4-12-24-42)47(38-61-33-41-21-9-3-10-22-41)68-56(60-2)54(52)64-36-44-27-15-6-16-28-44/h3-32,47-57H,33-39H2,1-2H3/t47-,48-,49-,50-,51+,52+,53+,54+,55-,56+,57-,73?/m1/s1. The fraction of sp³-hybridized carbons (Fsp3) is 0.351. The van der Waals surface area contributed by atoms with E-state index in [1.54, 1.807) is 0 Å². The Morgan fingerprint density at radius 1 is 0.521 bits per heavy atom. The number of benzene rings is 6. The van der Waals surface area contributed by atoms with Crippen molar-refractivity contribution in [3.8, 4) is 0 Å². The van der Waals surface area contributed by atoms with E-state index in [1.807, 2.05) is 182 Å². The highest BCUT2D eigenvalue weighted by atomic mass is 31.2. The number of phosphoric acid groups is 1. The fourth-order valence-electron chi connectivity index (χ4n) is 8.87. The third kappa shape index (κ3) is 14.4. The number of hydrogen-bond donors (Lipinski definition) is 0. The number of fused-ring (bicyclic) bond motifs is 1. The van der Waals surface area contributed by atoms with Crippen molar-refractivity contribution in [3.05, 3.63) is 215 Å². The molecular weight excluding hydrogens is 956 g/mol. The zero-order chi connectivity index (χ0) is 50.2. The monoisotopic (exact) mass is 1020 g/mol. The predicted octanol–water partition coefficient (Wildman–Crippen LogP) is 9.83. The number of ether oxygens (including phenoxy) is 10. The number of phosphoric ester groups is 1. The summed E-state index contributed by atoms with van der Waals surface area (Å²) in [4.78, 5) is 13.1. The van der Waals surface area contributed by atoms with Crippen LogP contribution in [0.25, 0.3) is 0 Å². The highest BCUT2D eigenvalue weighted by Gasteiger charge is 2.57. The molecule has 9 rings (SSSR count). The Kier molecular flexibility index (Phi) is 18.8. The van der Waals surface area contributed by atoms with Gasteiger partial charge < -0.3 is 47.4 Å². The summed E-state index contributed by atoms with van der Waals surface area (Å²) in [5, 5.41) is 0. The Morgan fingerprint density at radius 3 is 1.49 bits per heavy atom. The van der Waals surface area contributed by atoms with Crippen LogP contribution in [0.1, 0.15) is 46.6 Å². The van der Waals surface area contributed by atoms with Crippen molar-refractivity contribution in [3.63, 3.8) is 0 Å². The summed E-state index contributed by atoms with van der Waals surface area (Å²) in [5.74, 6) is -0.617. The summed E-state index contributed by atoms with van der Waals surface area (Å²) >= 11 is 0. The lowest BCUT2D eigenvalue weighted by Gasteiger charge is -2.49. The average molecular weight is 1020 g/mol. The highest BCUT2D eigenvalue weighted by molar-refractivity contribution is 7.48. The molecule has 0 spiro atoms. The van der Waals surface area contributed by atoms with Gasteiger partial charge in [-0.25, -0.2) is 4.57 Å². The zero-order valence-corrected chi connectivity index (χ0v) is 41.6. The van der Waals surface area contributed by atoms with Crippen molar-refractivity contribution < 1.29 is 70.3 Å². The molecule has 3 aliphatic heterocycles. The Bertz CT molecular complexity index is 2600. The van der Waals surface area contributed by atoms with Crippen molar-refractivity contribution in [2.45, 2.75) is 108 Å². The van der Waals surface area contributed by atoms with Crippen LogP contribution in [0, 0.1) is 0 Å². The minimum Gasteiger partial charge on any atom is -0.457 e. The average Bonchev–Trinajstić information content (AvgIpc) is 3.43. The Balaban J connectivity index is 1.09.